The van der Waals surface area contributed by atoms with Gasteiger partial charge in [-0.05, 0) is 56.3 Å². The molecule has 49 heavy (non-hydrogen) atoms. The van der Waals surface area contributed by atoms with Gasteiger partial charge in [-0.1, -0.05) is 32.4 Å². The van der Waals surface area contributed by atoms with Gasteiger partial charge in [0.1, 0.15) is 12.6 Å². The number of imide groups is 1. The predicted octanol–water partition coefficient (Wildman–Crippen LogP) is 0.518. The Morgan fingerprint density at radius 3 is 2.12 bits per heavy atom. The van der Waals surface area contributed by atoms with Crippen LogP contribution in [0.15, 0.2) is 36.4 Å². The maximum absolute atomic E-state index is 14.4. The molecule has 1 heterocycles. The number of amides is 7. The van der Waals surface area contributed by atoms with Crippen molar-refractivity contribution in [2.75, 3.05) is 45.2 Å². The fourth-order valence-corrected chi connectivity index (χ4v) is 5.20. The Balaban J connectivity index is 2.29. The number of primary amides is 2. The number of carbonyl (C=O) groups excluding carboxylic acids is 7. The maximum Gasteiger partial charge on any atom is 0.409 e. The first-order chi connectivity index (χ1) is 23.1. The van der Waals surface area contributed by atoms with Crippen molar-refractivity contribution < 1.29 is 38.3 Å². The number of ketones is 1. The molecule has 270 valence electrons. The van der Waals surface area contributed by atoms with Crippen molar-refractivity contribution in [3.63, 3.8) is 0 Å². The molecule has 0 bridgehead atoms. The Hall–Kier alpha value is -4.83. The van der Waals surface area contributed by atoms with E-state index in [1.165, 1.54) is 17.1 Å². The molecule has 0 fully saturated rings. The summed E-state index contributed by atoms with van der Waals surface area (Å²) in [6.07, 6.45) is 3.36. The van der Waals surface area contributed by atoms with Crippen LogP contribution in [-0.4, -0.2) is 103 Å². The van der Waals surface area contributed by atoms with Gasteiger partial charge in [0, 0.05) is 57.5 Å². The second-order valence-electron chi connectivity index (χ2n) is 12.2. The zero-order chi connectivity index (χ0) is 36.7. The van der Waals surface area contributed by atoms with Crippen LogP contribution < -0.4 is 32.7 Å². The monoisotopic (exact) mass is 686 g/mol. The van der Waals surface area contributed by atoms with E-state index in [1.807, 2.05) is 0 Å². The molecule has 0 unspecified atom stereocenters. The lowest BCUT2D eigenvalue weighted by atomic mass is 9.79. The van der Waals surface area contributed by atoms with Crippen molar-refractivity contribution in [1.82, 2.24) is 20.4 Å². The van der Waals surface area contributed by atoms with Crippen molar-refractivity contribution in [2.45, 2.75) is 70.6 Å². The van der Waals surface area contributed by atoms with Crippen LogP contribution in [0, 0.1) is 5.92 Å². The van der Waals surface area contributed by atoms with Crippen LogP contribution in [-0.2, 0) is 35.3 Å². The summed E-state index contributed by atoms with van der Waals surface area (Å²) < 4.78 is 5.37. The standard InChI is InChI=1S/C33H50N8O8/c1-22(2)33(36,26(42)10-6-5-7-19-40-27(43)15-16-28(40)44)30(46)41(25(29(34)45)9-8-17-38-31(35)47)24-13-11-23(12-14-24)21-49-32(48)39(4)20-18-37-3/h11-16,22,25,37H,5-10,17-21,36H2,1-4H3,(H2,34,45)(H3,35,38,47)/t25-,33+/m0/s1. The Morgan fingerprint density at radius 2 is 1.57 bits per heavy atom. The molecule has 16 heteroatoms. The summed E-state index contributed by atoms with van der Waals surface area (Å²) in [7, 11) is 3.38. The fourth-order valence-electron chi connectivity index (χ4n) is 5.20. The number of hydrogen-bond acceptors (Lipinski definition) is 10. The third kappa shape index (κ3) is 11.4. The van der Waals surface area contributed by atoms with E-state index in [4.69, 9.17) is 21.9 Å². The zero-order valence-corrected chi connectivity index (χ0v) is 28.7. The lowest BCUT2D eigenvalue weighted by Gasteiger charge is -2.39. The van der Waals surface area contributed by atoms with Gasteiger partial charge in [0.2, 0.25) is 5.91 Å². The van der Waals surface area contributed by atoms with Crippen LogP contribution in [0.1, 0.15) is 57.9 Å². The summed E-state index contributed by atoms with van der Waals surface area (Å²) >= 11 is 0. The Labute approximate surface area is 286 Å². The highest BCUT2D eigenvalue weighted by Crippen LogP contribution is 2.29. The molecule has 8 N–H and O–H groups in total. The van der Waals surface area contributed by atoms with Crippen LogP contribution >= 0.6 is 0 Å². The zero-order valence-electron chi connectivity index (χ0n) is 28.7. The van der Waals surface area contributed by atoms with E-state index in [1.54, 1.807) is 52.2 Å². The average molecular weight is 687 g/mol. The van der Waals surface area contributed by atoms with Crippen LogP contribution in [0.5, 0.6) is 0 Å². The topological polar surface area (TPSA) is 241 Å². The van der Waals surface area contributed by atoms with Crippen LogP contribution in [0.2, 0.25) is 0 Å². The highest BCUT2D eigenvalue weighted by molar-refractivity contribution is 6.18. The first-order valence-corrected chi connectivity index (χ1v) is 16.3. The molecule has 7 amide bonds. The number of ether oxygens (including phenoxy) is 1. The van der Waals surface area contributed by atoms with Gasteiger partial charge in [0.05, 0.1) is 0 Å². The molecule has 1 aromatic rings. The molecule has 1 aliphatic rings. The SMILES string of the molecule is CNCCN(C)C(=O)OCc1ccc(N(C(=O)[C@](N)(C(=O)CCCCCN2C(=O)C=CC2=O)C(C)C)[C@@H](CCCNC(N)=O)C(N)=O)cc1. The number of nitrogens with two attached hydrogens (primary N) is 3. The average Bonchev–Trinajstić information content (AvgIpc) is 3.38. The number of carbonyl (C=O) groups is 7. The van der Waals surface area contributed by atoms with Gasteiger partial charge >= 0.3 is 12.1 Å². The van der Waals surface area contributed by atoms with Gasteiger partial charge in [-0.2, -0.15) is 0 Å². The summed E-state index contributed by atoms with van der Waals surface area (Å²) in [5.41, 5.74) is 16.4. The predicted molar refractivity (Wildman–Crippen MR) is 182 cm³/mol. The quantitative estimate of drug-likeness (QED) is 0.0682. The van der Waals surface area contributed by atoms with Gasteiger partial charge in [-0.15, -0.1) is 0 Å². The third-order valence-corrected chi connectivity index (χ3v) is 8.31. The number of likely N-dealkylation sites (N-methyl/N-ethyl adjacent to an activating group) is 2. The van der Waals surface area contributed by atoms with E-state index in [0.717, 1.165) is 9.80 Å². The minimum atomic E-state index is -2.05. The Bertz CT molecular complexity index is 1360. The lowest BCUT2D eigenvalue weighted by molar-refractivity contribution is -0.139. The van der Waals surface area contributed by atoms with E-state index in [2.05, 4.69) is 10.6 Å². The molecule has 0 saturated carbocycles. The number of rotatable bonds is 21. The minimum Gasteiger partial charge on any atom is -0.445 e. The van der Waals surface area contributed by atoms with Crippen molar-refractivity contribution in [1.29, 1.82) is 0 Å². The second kappa shape index (κ2) is 19.2. The molecular weight excluding hydrogens is 636 g/mol. The second-order valence-corrected chi connectivity index (χ2v) is 12.2. The van der Waals surface area contributed by atoms with Gasteiger partial charge in [-0.25, -0.2) is 9.59 Å². The number of unbranched alkanes of at least 4 members (excludes halogenated alkanes) is 2. The van der Waals surface area contributed by atoms with E-state index >= 15 is 0 Å². The molecule has 0 aromatic heterocycles. The number of benzene rings is 1. The molecule has 16 nitrogen and oxygen atoms in total. The molecule has 2 rings (SSSR count). The summed E-state index contributed by atoms with van der Waals surface area (Å²) in [5, 5.41) is 5.38. The van der Waals surface area contributed by atoms with Gasteiger partial charge < -0.3 is 37.5 Å². The molecule has 0 aliphatic carbocycles. The van der Waals surface area contributed by atoms with Crippen LogP contribution in [0.3, 0.4) is 0 Å². The summed E-state index contributed by atoms with van der Waals surface area (Å²) in [6, 6.07) is 4.32. The van der Waals surface area contributed by atoms with Crippen molar-refractivity contribution >= 4 is 47.2 Å². The summed E-state index contributed by atoms with van der Waals surface area (Å²) in [6.45, 7) is 4.55. The molecule has 0 saturated heterocycles. The molecule has 1 aliphatic heterocycles. The smallest absolute Gasteiger partial charge is 0.409 e. The molecule has 2 atom stereocenters. The number of Topliss-reactive ketones (excluding diaryl/α,β-unsaturated/α-hetero) is 1. The summed E-state index contributed by atoms with van der Waals surface area (Å²) in [4.78, 5) is 91.8. The maximum atomic E-state index is 14.4. The fraction of sp³-hybridized carbons (Fsp3) is 0.545. The van der Waals surface area contributed by atoms with Gasteiger partial charge in [-0.3, -0.25) is 33.8 Å². The van der Waals surface area contributed by atoms with E-state index < -0.39 is 47.2 Å². The highest BCUT2D eigenvalue weighted by Gasteiger charge is 2.49. The molecule has 0 radical (unpaired) electrons. The van der Waals surface area contributed by atoms with Crippen molar-refractivity contribution in [3.05, 3.63) is 42.0 Å². The number of anilines is 1. The van der Waals surface area contributed by atoms with E-state index in [0.29, 0.717) is 37.9 Å². The number of nitrogens with one attached hydrogen (secondary N) is 2. The van der Waals surface area contributed by atoms with Gasteiger partial charge in [0.25, 0.3) is 17.7 Å². The Morgan fingerprint density at radius 1 is 0.939 bits per heavy atom. The Kier molecular flexibility index (Phi) is 15.8. The van der Waals surface area contributed by atoms with Crippen molar-refractivity contribution in [3.8, 4) is 0 Å². The van der Waals surface area contributed by atoms with E-state index in [9.17, 15) is 33.6 Å². The first-order valence-electron chi connectivity index (χ1n) is 16.3. The van der Waals surface area contributed by atoms with Crippen LogP contribution in [0.4, 0.5) is 15.3 Å². The summed E-state index contributed by atoms with van der Waals surface area (Å²) in [5.74, 6) is -3.69. The molecule has 0 spiro atoms. The molecule has 1 aromatic carbocycles. The third-order valence-electron chi connectivity index (χ3n) is 8.31. The number of hydrogen-bond donors (Lipinski definition) is 5. The van der Waals surface area contributed by atoms with E-state index in [-0.39, 0.29) is 56.5 Å². The van der Waals surface area contributed by atoms with Crippen molar-refractivity contribution in [2.24, 2.45) is 23.1 Å². The number of urea groups is 1. The largest absolute Gasteiger partial charge is 0.445 e. The first kappa shape index (κ1) is 40.3. The lowest BCUT2D eigenvalue weighted by Crippen LogP contribution is -2.66. The highest BCUT2D eigenvalue weighted by atomic mass is 16.6. The normalized spacial score (nSPS) is 14.4. The van der Waals surface area contributed by atoms with Crippen LogP contribution in [0.25, 0.3) is 0 Å². The van der Waals surface area contributed by atoms with Gasteiger partial charge in [0.15, 0.2) is 11.3 Å². The minimum absolute atomic E-state index is 0.0187. The molecular formula is C33H50N8O8. The number of nitrogens with zero attached hydrogens (tertiary/aromatic N) is 3.